The molecule has 1 amide bonds. The molecule has 0 aromatic rings. The second-order valence-electron chi connectivity index (χ2n) is 5.84. The average molecular weight is 307 g/mol. The van der Waals surface area contributed by atoms with Crippen LogP contribution < -0.4 is 5.32 Å². The van der Waals surface area contributed by atoms with E-state index in [0.29, 0.717) is 12.5 Å². The minimum atomic E-state index is -4.33. The van der Waals surface area contributed by atoms with Gasteiger partial charge in [-0.15, -0.1) is 0 Å². The fourth-order valence-corrected chi connectivity index (χ4v) is 3.40. The third kappa shape index (κ3) is 4.32. The van der Waals surface area contributed by atoms with Gasteiger partial charge in [0.25, 0.3) is 0 Å². The summed E-state index contributed by atoms with van der Waals surface area (Å²) in [4.78, 5) is 15.6. The zero-order chi connectivity index (χ0) is 15.5. The van der Waals surface area contributed by atoms with Gasteiger partial charge in [-0.1, -0.05) is 0 Å². The Balaban J connectivity index is 2.01. The minimum absolute atomic E-state index is 0.106. The molecule has 2 rings (SSSR count). The standard InChI is InChI=1S/C14H24F3N3O/c1-2-19(10-14(15,16)17)13(21)12-4-3-9-20(12)11-5-7-18-8-6-11/h11-12,18H,2-10H2,1H3. The SMILES string of the molecule is CCN(CC(F)(F)F)C(=O)C1CCCN1C1CCNCC1. The van der Waals surface area contributed by atoms with Crippen LogP contribution in [0.15, 0.2) is 0 Å². The number of hydrogen-bond donors (Lipinski definition) is 1. The number of nitrogens with one attached hydrogen (secondary N) is 1. The number of alkyl halides is 3. The molecule has 1 atom stereocenters. The van der Waals surface area contributed by atoms with Gasteiger partial charge < -0.3 is 10.2 Å². The molecule has 1 N–H and O–H groups in total. The molecule has 0 radical (unpaired) electrons. The number of carbonyl (C=O) groups excluding carboxylic acids is 1. The van der Waals surface area contributed by atoms with Crippen molar-refractivity contribution in [3.8, 4) is 0 Å². The summed E-state index contributed by atoms with van der Waals surface area (Å²) < 4.78 is 37.7. The van der Waals surface area contributed by atoms with E-state index in [1.165, 1.54) is 0 Å². The van der Waals surface area contributed by atoms with Crippen molar-refractivity contribution < 1.29 is 18.0 Å². The van der Waals surface area contributed by atoms with Crippen molar-refractivity contribution in [2.45, 2.75) is 50.9 Å². The van der Waals surface area contributed by atoms with Crippen molar-refractivity contribution in [1.82, 2.24) is 15.1 Å². The van der Waals surface area contributed by atoms with Gasteiger partial charge in [0.05, 0.1) is 6.04 Å². The van der Waals surface area contributed by atoms with Gasteiger partial charge in [-0.3, -0.25) is 9.69 Å². The smallest absolute Gasteiger partial charge is 0.333 e. The fourth-order valence-electron chi connectivity index (χ4n) is 3.40. The Morgan fingerprint density at radius 2 is 1.95 bits per heavy atom. The van der Waals surface area contributed by atoms with E-state index in [1.807, 2.05) is 0 Å². The normalized spacial score (nSPS) is 25.2. The third-order valence-corrected chi connectivity index (χ3v) is 4.42. The number of likely N-dealkylation sites (N-methyl/N-ethyl adjacent to an activating group) is 1. The summed E-state index contributed by atoms with van der Waals surface area (Å²) in [5, 5.41) is 3.28. The largest absolute Gasteiger partial charge is 0.406 e. The third-order valence-electron chi connectivity index (χ3n) is 4.42. The van der Waals surface area contributed by atoms with Gasteiger partial charge in [-0.25, -0.2) is 0 Å². The molecule has 21 heavy (non-hydrogen) atoms. The Labute approximate surface area is 123 Å². The van der Waals surface area contributed by atoms with Crippen LogP contribution >= 0.6 is 0 Å². The molecule has 1 unspecified atom stereocenters. The highest BCUT2D eigenvalue weighted by Crippen LogP contribution is 2.27. The second kappa shape index (κ2) is 6.96. The second-order valence-corrected chi connectivity index (χ2v) is 5.84. The lowest BCUT2D eigenvalue weighted by Gasteiger charge is -2.37. The topological polar surface area (TPSA) is 35.6 Å². The van der Waals surface area contributed by atoms with Crippen molar-refractivity contribution in [2.75, 3.05) is 32.7 Å². The summed E-state index contributed by atoms with van der Waals surface area (Å²) >= 11 is 0. The molecule has 7 heteroatoms. The highest BCUT2D eigenvalue weighted by atomic mass is 19.4. The van der Waals surface area contributed by atoms with Crippen LogP contribution in [0.25, 0.3) is 0 Å². The maximum Gasteiger partial charge on any atom is 0.406 e. The Morgan fingerprint density at radius 3 is 2.52 bits per heavy atom. The summed E-state index contributed by atoms with van der Waals surface area (Å²) in [6.45, 7) is 3.23. The van der Waals surface area contributed by atoms with E-state index < -0.39 is 12.7 Å². The van der Waals surface area contributed by atoms with Crippen LogP contribution in [0.5, 0.6) is 0 Å². The molecule has 0 aliphatic carbocycles. The maximum absolute atomic E-state index is 12.6. The van der Waals surface area contributed by atoms with Gasteiger partial charge >= 0.3 is 6.18 Å². The zero-order valence-corrected chi connectivity index (χ0v) is 12.5. The van der Waals surface area contributed by atoms with Crippen LogP contribution in [-0.2, 0) is 4.79 Å². The first kappa shape index (κ1) is 16.5. The lowest BCUT2D eigenvalue weighted by atomic mass is 10.0. The molecule has 2 saturated heterocycles. The monoisotopic (exact) mass is 307 g/mol. The fraction of sp³-hybridized carbons (Fsp3) is 0.929. The highest BCUT2D eigenvalue weighted by Gasteiger charge is 2.40. The van der Waals surface area contributed by atoms with Crippen LogP contribution in [0, 0.1) is 0 Å². The van der Waals surface area contributed by atoms with Crippen LogP contribution in [0.4, 0.5) is 13.2 Å². The van der Waals surface area contributed by atoms with E-state index >= 15 is 0 Å². The zero-order valence-electron chi connectivity index (χ0n) is 12.5. The molecule has 2 aliphatic heterocycles. The Hall–Kier alpha value is -0.820. The van der Waals surface area contributed by atoms with Crippen molar-refractivity contribution in [1.29, 1.82) is 0 Å². The van der Waals surface area contributed by atoms with Crippen molar-refractivity contribution in [3.63, 3.8) is 0 Å². The predicted octanol–water partition coefficient (Wildman–Crippen LogP) is 1.61. The number of amides is 1. The number of hydrogen-bond acceptors (Lipinski definition) is 3. The molecule has 2 heterocycles. The summed E-state index contributed by atoms with van der Waals surface area (Å²) in [5.74, 6) is -0.356. The molecular formula is C14H24F3N3O. The first-order valence-corrected chi connectivity index (χ1v) is 7.74. The molecule has 0 bridgehead atoms. The van der Waals surface area contributed by atoms with Crippen LogP contribution in [-0.4, -0.2) is 66.7 Å². The van der Waals surface area contributed by atoms with Crippen molar-refractivity contribution >= 4 is 5.91 Å². The van der Waals surface area contributed by atoms with E-state index in [4.69, 9.17) is 0 Å². The van der Waals surface area contributed by atoms with Gasteiger partial charge in [-0.2, -0.15) is 13.2 Å². The Bertz CT molecular complexity index is 356. The Morgan fingerprint density at radius 1 is 1.29 bits per heavy atom. The van der Waals surface area contributed by atoms with E-state index in [-0.39, 0.29) is 18.5 Å². The van der Waals surface area contributed by atoms with E-state index in [1.54, 1.807) is 6.92 Å². The summed E-state index contributed by atoms with van der Waals surface area (Å²) in [5.41, 5.74) is 0. The minimum Gasteiger partial charge on any atom is -0.333 e. The molecule has 2 fully saturated rings. The van der Waals surface area contributed by atoms with Crippen LogP contribution in [0.3, 0.4) is 0 Å². The predicted molar refractivity (Wildman–Crippen MR) is 73.9 cm³/mol. The van der Waals surface area contributed by atoms with Crippen LogP contribution in [0.2, 0.25) is 0 Å². The molecule has 122 valence electrons. The molecule has 0 spiro atoms. The van der Waals surface area contributed by atoms with Gasteiger partial charge in [0.1, 0.15) is 6.54 Å². The first-order chi connectivity index (χ1) is 9.92. The number of carbonyl (C=O) groups is 1. The quantitative estimate of drug-likeness (QED) is 0.857. The van der Waals surface area contributed by atoms with Crippen LogP contribution in [0.1, 0.15) is 32.6 Å². The number of halogens is 3. The maximum atomic E-state index is 12.6. The molecule has 0 aromatic heterocycles. The Kier molecular flexibility index (Phi) is 5.48. The number of nitrogens with zero attached hydrogens (tertiary/aromatic N) is 2. The lowest BCUT2D eigenvalue weighted by molar-refractivity contribution is -0.164. The average Bonchev–Trinajstić information content (AvgIpc) is 2.93. The van der Waals surface area contributed by atoms with Crippen molar-refractivity contribution in [3.05, 3.63) is 0 Å². The first-order valence-electron chi connectivity index (χ1n) is 7.74. The number of piperidine rings is 1. The van der Waals surface area contributed by atoms with Crippen molar-refractivity contribution in [2.24, 2.45) is 0 Å². The molecular weight excluding hydrogens is 283 g/mol. The molecule has 4 nitrogen and oxygen atoms in total. The summed E-state index contributed by atoms with van der Waals surface area (Å²) in [6, 6.07) is -0.0392. The van der Waals surface area contributed by atoms with E-state index in [9.17, 15) is 18.0 Å². The van der Waals surface area contributed by atoms with E-state index in [2.05, 4.69) is 10.2 Å². The summed E-state index contributed by atoms with van der Waals surface area (Å²) in [7, 11) is 0. The molecule has 0 aromatic carbocycles. The van der Waals surface area contributed by atoms with Gasteiger partial charge in [-0.05, 0) is 52.2 Å². The van der Waals surface area contributed by atoms with Gasteiger partial charge in [0, 0.05) is 12.6 Å². The number of likely N-dealkylation sites (tertiary alicyclic amines) is 1. The molecule has 0 saturated carbocycles. The number of rotatable bonds is 4. The lowest BCUT2D eigenvalue weighted by Crippen LogP contribution is -2.53. The van der Waals surface area contributed by atoms with Gasteiger partial charge in [0.15, 0.2) is 0 Å². The summed E-state index contributed by atoms with van der Waals surface area (Å²) in [6.07, 6.45) is -0.824. The van der Waals surface area contributed by atoms with E-state index in [0.717, 1.165) is 43.8 Å². The highest BCUT2D eigenvalue weighted by molar-refractivity contribution is 5.82. The van der Waals surface area contributed by atoms with Gasteiger partial charge in [0.2, 0.25) is 5.91 Å². The molecule has 2 aliphatic rings.